The Balaban J connectivity index is 1.71. The molecule has 1 amide bonds. The third-order valence-corrected chi connectivity index (χ3v) is 6.52. The van der Waals surface area contributed by atoms with Crippen molar-refractivity contribution in [2.75, 3.05) is 23.3 Å². The number of nitrogens with one attached hydrogen (secondary N) is 1. The van der Waals surface area contributed by atoms with Crippen LogP contribution in [-0.2, 0) is 14.8 Å². The molecule has 3 aromatic rings. The zero-order chi connectivity index (χ0) is 20.8. The zero-order valence-corrected chi connectivity index (χ0v) is 17.3. The highest BCUT2D eigenvalue weighted by Gasteiger charge is 2.36. The van der Waals surface area contributed by atoms with Crippen molar-refractivity contribution in [3.8, 4) is 5.75 Å². The number of fused-ring (bicyclic) bond motifs is 2. The second-order valence-electron chi connectivity index (χ2n) is 7.80. The lowest BCUT2D eigenvalue weighted by atomic mass is 9.93. The van der Waals surface area contributed by atoms with Gasteiger partial charge in [0.05, 0.1) is 21.7 Å². The number of benzene rings is 3. The van der Waals surface area contributed by atoms with Gasteiger partial charge in [0.2, 0.25) is 5.91 Å². The summed E-state index contributed by atoms with van der Waals surface area (Å²) in [5, 5.41) is 1.50. The van der Waals surface area contributed by atoms with Crippen molar-refractivity contribution < 1.29 is 17.9 Å². The maximum atomic E-state index is 13.1. The first-order valence-corrected chi connectivity index (χ1v) is 10.7. The Morgan fingerprint density at radius 3 is 2.55 bits per heavy atom. The molecule has 4 rings (SSSR count). The van der Waals surface area contributed by atoms with E-state index < -0.39 is 15.4 Å². The highest BCUT2D eigenvalue weighted by Crippen LogP contribution is 2.38. The quantitative estimate of drug-likeness (QED) is 0.708. The van der Waals surface area contributed by atoms with Gasteiger partial charge in [-0.05, 0) is 37.4 Å². The van der Waals surface area contributed by atoms with Gasteiger partial charge in [-0.1, -0.05) is 36.4 Å². The minimum Gasteiger partial charge on any atom is -0.490 e. The van der Waals surface area contributed by atoms with Crippen LogP contribution in [0, 0.1) is 5.41 Å². The highest BCUT2D eigenvalue weighted by atomic mass is 32.2. The minimum atomic E-state index is -3.81. The highest BCUT2D eigenvalue weighted by molar-refractivity contribution is 7.93. The number of ether oxygens (including phenoxy) is 1. The predicted octanol–water partition coefficient (Wildman–Crippen LogP) is 4.02. The SMILES string of the molecule is CN1C(=O)C(C)(C)COc2cc(NS(=O)(=O)c3cccc4ccccc34)ccc21. The number of hydrogen-bond donors (Lipinski definition) is 1. The first-order valence-electron chi connectivity index (χ1n) is 9.25. The van der Waals surface area contributed by atoms with Gasteiger partial charge in [0.25, 0.3) is 10.0 Å². The van der Waals surface area contributed by atoms with Gasteiger partial charge >= 0.3 is 0 Å². The summed E-state index contributed by atoms with van der Waals surface area (Å²) < 4.78 is 34.6. The maximum absolute atomic E-state index is 13.1. The molecule has 1 heterocycles. The van der Waals surface area contributed by atoms with E-state index in [0.717, 1.165) is 5.39 Å². The van der Waals surface area contributed by atoms with Gasteiger partial charge in [-0.25, -0.2) is 8.42 Å². The minimum absolute atomic E-state index is 0.0552. The molecule has 0 aliphatic carbocycles. The molecular formula is C22H22N2O4S. The van der Waals surface area contributed by atoms with Crippen LogP contribution >= 0.6 is 0 Å². The fourth-order valence-electron chi connectivity index (χ4n) is 3.49. The van der Waals surface area contributed by atoms with Crippen LogP contribution in [0.5, 0.6) is 5.75 Å². The summed E-state index contributed by atoms with van der Waals surface area (Å²) in [7, 11) is -2.12. The molecule has 3 aromatic carbocycles. The lowest BCUT2D eigenvalue weighted by molar-refractivity contribution is -0.127. The molecule has 0 saturated carbocycles. The van der Waals surface area contributed by atoms with Crippen molar-refractivity contribution in [2.45, 2.75) is 18.7 Å². The van der Waals surface area contributed by atoms with Gasteiger partial charge in [-0.3, -0.25) is 9.52 Å². The molecule has 0 radical (unpaired) electrons. The molecule has 0 unspecified atom stereocenters. The summed E-state index contributed by atoms with van der Waals surface area (Å²) in [4.78, 5) is 14.3. The largest absolute Gasteiger partial charge is 0.490 e. The number of hydrogen-bond acceptors (Lipinski definition) is 4. The van der Waals surface area contributed by atoms with Gasteiger partial charge in [0, 0.05) is 18.5 Å². The summed E-state index contributed by atoms with van der Waals surface area (Å²) in [5.41, 5.74) is 0.307. The van der Waals surface area contributed by atoms with E-state index in [-0.39, 0.29) is 17.4 Å². The average molecular weight is 410 g/mol. The summed E-state index contributed by atoms with van der Waals surface area (Å²) >= 11 is 0. The van der Waals surface area contributed by atoms with Crippen LogP contribution in [0.15, 0.2) is 65.6 Å². The number of anilines is 2. The van der Waals surface area contributed by atoms with Gasteiger partial charge in [0.1, 0.15) is 12.4 Å². The Hall–Kier alpha value is -3.06. The fraction of sp³-hybridized carbons (Fsp3) is 0.227. The summed E-state index contributed by atoms with van der Waals surface area (Å²) in [6.45, 7) is 3.85. The third-order valence-electron chi connectivity index (χ3n) is 5.08. The van der Waals surface area contributed by atoms with Crippen molar-refractivity contribution in [1.82, 2.24) is 0 Å². The summed E-state index contributed by atoms with van der Waals surface area (Å²) in [6, 6.07) is 17.5. The first-order chi connectivity index (χ1) is 13.7. The molecule has 0 aromatic heterocycles. The van der Waals surface area contributed by atoms with Gasteiger partial charge in [-0.2, -0.15) is 0 Å². The molecule has 0 bridgehead atoms. The monoisotopic (exact) mass is 410 g/mol. The number of carbonyl (C=O) groups is 1. The Labute approximate surface area is 170 Å². The number of amides is 1. The zero-order valence-electron chi connectivity index (χ0n) is 16.5. The van der Waals surface area contributed by atoms with Crippen LogP contribution in [0.2, 0.25) is 0 Å². The van der Waals surface area contributed by atoms with Crippen LogP contribution in [0.1, 0.15) is 13.8 Å². The van der Waals surface area contributed by atoms with Crippen molar-refractivity contribution in [3.05, 3.63) is 60.7 Å². The average Bonchev–Trinajstić information content (AvgIpc) is 2.78. The number of sulfonamides is 1. The predicted molar refractivity (Wildman–Crippen MR) is 114 cm³/mol. The van der Waals surface area contributed by atoms with E-state index in [4.69, 9.17) is 4.74 Å². The van der Waals surface area contributed by atoms with E-state index in [1.54, 1.807) is 48.3 Å². The lowest BCUT2D eigenvalue weighted by Crippen LogP contribution is -2.39. The smallest absolute Gasteiger partial charge is 0.262 e. The molecule has 1 aliphatic rings. The van der Waals surface area contributed by atoms with Gasteiger partial charge in [0.15, 0.2) is 0 Å². The molecule has 0 saturated heterocycles. The van der Waals surface area contributed by atoms with E-state index in [1.165, 1.54) is 0 Å². The van der Waals surface area contributed by atoms with Crippen molar-refractivity contribution in [3.63, 3.8) is 0 Å². The second kappa shape index (κ2) is 6.77. The molecule has 0 atom stereocenters. The summed E-state index contributed by atoms with van der Waals surface area (Å²) in [5.74, 6) is 0.407. The maximum Gasteiger partial charge on any atom is 0.262 e. The number of carbonyl (C=O) groups excluding carboxylic acids is 1. The Morgan fingerprint density at radius 1 is 1.03 bits per heavy atom. The summed E-state index contributed by atoms with van der Waals surface area (Å²) in [6.07, 6.45) is 0. The van der Waals surface area contributed by atoms with Crippen molar-refractivity contribution in [1.29, 1.82) is 0 Å². The number of rotatable bonds is 3. The van der Waals surface area contributed by atoms with E-state index in [1.807, 2.05) is 38.1 Å². The third kappa shape index (κ3) is 3.42. The molecular weight excluding hydrogens is 388 g/mol. The van der Waals surface area contributed by atoms with Crippen LogP contribution < -0.4 is 14.4 Å². The first kappa shape index (κ1) is 19.3. The topological polar surface area (TPSA) is 75.7 Å². The molecule has 0 spiro atoms. The van der Waals surface area contributed by atoms with Crippen LogP contribution in [0.3, 0.4) is 0 Å². The molecule has 1 N–H and O–H groups in total. The molecule has 0 fully saturated rings. The van der Waals surface area contributed by atoms with E-state index >= 15 is 0 Å². The molecule has 6 nitrogen and oxygen atoms in total. The van der Waals surface area contributed by atoms with Crippen LogP contribution in [0.25, 0.3) is 10.8 Å². The second-order valence-corrected chi connectivity index (χ2v) is 9.45. The van der Waals surface area contributed by atoms with E-state index in [9.17, 15) is 13.2 Å². The normalized spacial score (nSPS) is 16.1. The van der Waals surface area contributed by atoms with Gasteiger partial charge in [-0.15, -0.1) is 0 Å². The Kier molecular flexibility index (Phi) is 4.50. The molecule has 29 heavy (non-hydrogen) atoms. The van der Waals surface area contributed by atoms with Crippen LogP contribution in [0.4, 0.5) is 11.4 Å². The standard InChI is InChI=1S/C22H22N2O4S/c1-22(2)14-28-19-13-16(11-12-18(19)24(3)21(22)25)23-29(26,27)20-10-6-8-15-7-4-5-9-17(15)20/h4-13,23H,14H2,1-3H3. The van der Waals surface area contributed by atoms with Crippen LogP contribution in [-0.4, -0.2) is 28.0 Å². The molecule has 150 valence electrons. The van der Waals surface area contributed by atoms with Crippen molar-refractivity contribution in [2.24, 2.45) is 5.41 Å². The fourth-order valence-corrected chi connectivity index (χ4v) is 4.77. The Morgan fingerprint density at radius 2 is 1.76 bits per heavy atom. The number of nitrogens with zero attached hydrogens (tertiary/aromatic N) is 1. The Bertz CT molecular complexity index is 1210. The lowest BCUT2D eigenvalue weighted by Gasteiger charge is -2.24. The van der Waals surface area contributed by atoms with E-state index in [2.05, 4.69) is 4.72 Å². The molecule has 1 aliphatic heterocycles. The van der Waals surface area contributed by atoms with Gasteiger partial charge < -0.3 is 9.64 Å². The molecule has 7 heteroatoms. The van der Waals surface area contributed by atoms with Crippen molar-refractivity contribution >= 4 is 38.1 Å². The van der Waals surface area contributed by atoms with E-state index in [0.29, 0.717) is 22.5 Å².